The number of hydrogen-bond acceptors (Lipinski definition) is 5. The van der Waals surface area contributed by atoms with Crippen molar-refractivity contribution >= 4 is 33.0 Å². The van der Waals surface area contributed by atoms with Crippen LogP contribution in [0.2, 0.25) is 0 Å². The number of rotatable bonds is 3. The summed E-state index contributed by atoms with van der Waals surface area (Å²) in [5.41, 5.74) is 1.53. The van der Waals surface area contributed by atoms with Crippen molar-refractivity contribution in [2.75, 3.05) is 5.32 Å². The van der Waals surface area contributed by atoms with Crippen molar-refractivity contribution in [2.45, 2.75) is 13.5 Å². The van der Waals surface area contributed by atoms with E-state index in [0.29, 0.717) is 16.7 Å². The monoisotopic (exact) mass is 314 g/mol. The molecular weight excluding hydrogens is 304 g/mol. The van der Waals surface area contributed by atoms with Gasteiger partial charge in [-0.3, -0.25) is 4.79 Å². The molecule has 0 amide bonds. The normalized spacial score (nSPS) is 10.5. The summed E-state index contributed by atoms with van der Waals surface area (Å²) in [6.07, 6.45) is 1.62. The maximum atomic E-state index is 11.6. The first-order valence-corrected chi connectivity index (χ1v) is 6.62. The van der Waals surface area contributed by atoms with Crippen molar-refractivity contribution in [2.24, 2.45) is 7.05 Å². The lowest BCUT2D eigenvalue weighted by Gasteiger charge is -2.06. The predicted octanol–water partition coefficient (Wildman–Crippen LogP) is 1.92. The summed E-state index contributed by atoms with van der Waals surface area (Å²) < 4.78 is 1.77. The predicted molar refractivity (Wildman–Crippen MR) is 71.4 cm³/mol. The van der Waals surface area contributed by atoms with Gasteiger partial charge in [-0.1, -0.05) is 0 Å². The third kappa shape index (κ3) is 2.73. The van der Waals surface area contributed by atoms with E-state index in [2.05, 4.69) is 31.3 Å². The van der Waals surface area contributed by atoms with E-state index in [1.54, 1.807) is 24.6 Å². The molecule has 0 aliphatic carbocycles. The second kappa shape index (κ2) is 4.97. The van der Waals surface area contributed by atoms with Gasteiger partial charge in [-0.05, 0) is 22.9 Å². The van der Waals surface area contributed by atoms with Gasteiger partial charge in [-0.15, -0.1) is 11.3 Å². The summed E-state index contributed by atoms with van der Waals surface area (Å²) in [5, 5.41) is 10.1. The largest absolute Gasteiger partial charge is 0.376 e. The molecular formula is C10H11BrN4OS. The fraction of sp³-hybridized carbons (Fsp3) is 0.300. The lowest BCUT2D eigenvalue weighted by molar-refractivity contribution is 0.703. The molecule has 0 spiro atoms. The number of aromatic nitrogens is 3. The fourth-order valence-electron chi connectivity index (χ4n) is 1.29. The molecule has 5 nitrogen and oxygen atoms in total. The maximum absolute atomic E-state index is 11.6. The number of halogens is 1. The van der Waals surface area contributed by atoms with Crippen LogP contribution in [0.1, 0.15) is 10.7 Å². The summed E-state index contributed by atoms with van der Waals surface area (Å²) >= 11 is 4.85. The van der Waals surface area contributed by atoms with Crippen molar-refractivity contribution in [1.82, 2.24) is 14.8 Å². The van der Waals surface area contributed by atoms with Gasteiger partial charge < -0.3 is 5.32 Å². The highest BCUT2D eigenvalue weighted by Gasteiger charge is 2.07. The van der Waals surface area contributed by atoms with Gasteiger partial charge in [0.1, 0.15) is 9.48 Å². The molecule has 0 aliphatic heterocycles. The molecule has 0 atom stereocenters. The minimum atomic E-state index is -0.162. The SMILES string of the molecule is Cc1csc(CNc2cnn(C)c(=O)c2Br)n1. The first-order chi connectivity index (χ1) is 8.08. The third-order valence-electron chi connectivity index (χ3n) is 2.17. The third-order valence-corrected chi connectivity index (χ3v) is 3.91. The van der Waals surface area contributed by atoms with Gasteiger partial charge >= 0.3 is 0 Å². The fourth-order valence-corrected chi connectivity index (χ4v) is 2.50. The molecule has 0 fully saturated rings. The van der Waals surface area contributed by atoms with E-state index in [1.165, 1.54) is 4.68 Å². The van der Waals surface area contributed by atoms with Crippen LogP contribution in [-0.2, 0) is 13.6 Å². The standard InChI is InChI=1S/C10H11BrN4OS/c1-6-5-17-8(14-6)4-12-7-3-13-15(2)10(16)9(7)11/h3,5,12H,4H2,1-2H3. The molecule has 0 unspecified atom stereocenters. The Bertz CT molecular complexity index is 592. The molecule has 2 aromatic heterocycles. The van der Waals surface area contributed by atoms with Gasteiger partial charge in [-0.2, -0.15) is 5.10 Å². The molecule has 0 aliphatic rings. The Morgan fingerprint density at radius 1 is 1.59 bits per heavy atom. The molecule has 0 saturated heterocycles. The molecule has 2 rings (SSSR count). The lowest BCUT2D eigenvalue weighted by Crippen LogP contribution is -2.21. The Morgan fingerprint density at radius 2 is 2.35 bits per heavy atom. The van der Waals surface area contributed by atoms with Crippen LogP contribution in [0.15, 0.2) is 20.8 Å². The van der Waals surface area contributed by atoms with Crippen LogP contribution >= 0.6 is 27.3 Å². The number of hydrogen-bond donors (Lipinski definition) is 1. The van der Waals surface area contributed by atoms with E-state index in [4.69, 9.17) is 0 Å². The summed E-state index contributed by atoms with van der Waals surface area (Å²) in [5.74, 6) is 0. The number of thiazole rings is 1. The van der Waals surface area contributed by atoms with E-state index in [0.717, 1.165) is 10.7 Å². The number of anilines is 1. The molecule has 0 bridgehead atoms. The molecule has 17 heavy (non-hydrogen) atoms. The molecule has 90 valence electrons. The Kier molecular flexibility index (Phi) is 3.58. The second-order valence-corrected chi connectivity index (χ2v) is 5.27. The lowest BCUT2D eigenvalue weighted by atomic mass is 10.4. The Balaban J connectivity index is 2.15. The van der Waals surface area contributed by atoms with Crippen LogP contribution in [0, 0.1) is 6.92 Å². The van der Waals surface area contributed by atoms with Gasteiger partial charge in [0, 0.05) is 18.1 Å². The van der Waals surface area contributed by atoms with Crippen LogP contribution in [0.3, 0.4) is 0 Å². The van der Waals surface area contributed by atoms with Crippen LogP contribution in [0.4, 0.5) is 5.69 Å². The van der Waals surface area contributed by atoms with Gasteiger partial charge in [0.2, 0.25) is 0 Å². The number of nitrogens with one attached hydrogen (secondary N) is 1. The highest BCUT2D eigenvalue weighted by molar-refractivity contribution is 9.10. The van der Waals surface area contributed by atoms with Crippen LogP contribution in [0.5, 0.6) is 0 Å². The minimum absolute atomic E-state index is 0.162. The van der Waals surface area contributed by atoms with E-state index in [-0.39, 0.29) is 5.56 Å². The zero-order chi connectivity index (χ0) is 12.4. The quantitative estimate of drug-likeness (QED) is 0.940. The summed E-state index contributed by atoms with van der Waals surface area (Å²) in [7, 11) is 1.61. The second-order valence-electron chi connectivity index (χ2n) is 3.54. The number of aryl methyl sites for hydroxylation is 2. The average Bonchev–Trinajstić information content (AvgIpc) is 2.71. The highest BCUT2D eigenvalue weighted by Crippen LogP contribution is 2.17. The van der Waals surface area contributed by atoms with Crippen molar-refractivity contribution < 1.29 is 0 Å². The number of nitrogens with zero attached hydrogens (tertiary/aromatic N) is 3. The first kappa shape index (κ1) is 12.3. The molecule has 0 radical (unpaired) electrons. The van der Waals surface area contributed by atoms with Crippen molar-refractivity contribution in [3.05, 3.63) is 37.1 Å². The molecule has 0 saturated carbocycles. The van der Waals surface area contributed by atoms with Crippen LogP contribution < -0.4 is 10.9 Å². The Hall–Kier alpha value is -1.21. The van der Waals surface area contributed by atoms with Gasteiger partial charge in [0.15, 0.2) is 0 Å². The van der Waals surface area contributed by atoms with Crippen molar-refractivity contribution in [3.63, 3.8) is 0 Å². The molecule has 2 heterocycles. The smallest absolute Gasteiger partial charge is 0.282 e. The van der Waals surface area contributed by atoms with Gasteiger partial charge in [0.25, 0.3) is 5.56 Å². The summed E-state index contributed by atoms with van der Waals surface area (Å²) in [4.78, 5) is 15.9. The van der Waals surface area contributed by atoms with E-state index >= 15 is 0 Å². The van der Waals surface area contributed by atoms with E-state index < -0.39 is 0 Å². The van der Waals surface area contributed by atoms with Crippen molar-refractivity contribution in [3.8, 4) is 0 Å². The van der Waals surface area contributed by atoms with Gasteiger partial charge in [0.05, 0.1) is 18.4 Å². The molecule has 2 aromatic rings. The van der Waals surface area contributed by atoms with Gasteiger partial charge in [-0.25, -0.2) is 9.67 Å². The molecule has 1 N–H and O–H groups in total. The maximum Gasteiger partial charge on any atom is 0.282 e. The van der Waals surface area contributed by atoms with E-state index in [9.17, 15) is 4.79 Å². The van der Waals surface area contributed by atoms with Crippen LogP contribution in [0.25, 0.3) is 0 Å². The molecule has 0 aromatic carbocycles. The van der Waals surface area contributed by atoms with Crippen LogP contribution in [-0.4, -0.2) is 14.8 Å². The average molecular weight is 315 g/mol. The summed E-state index contributed by atoms with van der Waals surface area (Å²) in [6, 6.07) is 0. The zero-order valence-electron chi connectivity index (χ0n) is 9.40. The molecule has 7 heteroatoms. The highest BCUT2D eigenvalue weighted by atomic mass is 79.9. The Labute approximate surface area is 111 Å². The van der Waals surface area contributed by atoms with E-state index in [1.807, 2.05) is 12.3 Å². The first-order valence-electron chi connectivity index (χ1n) is 4.94. The minimum Gasteiger partial charge on any atom is -0.376 e. The topological polar surface area (TPSA) is 59.8 Å². The van der Waals surface area contributed by atoms with Crippen molar-refractivity contribution in [1.29, 1.82) is 0 Å². The Morgan fingerprint density at radius 3 is 3.00 bits per heavy atom. The summed E-state index contributed by atoms with van der Waals surface area (Å²) in [6.45, 7) is 2.54. The zero-order valence-corrected chi connectivity index (χ0v) is 11.8.